The Morgan fingerprint density at radius 3 is 1.44 bits per heavy atom. The Bertz CT molecular complexity index is 215. The van der Waals surface area contributed by atoms with Gasteiger partial charge in [0, 0.05) is 0 Å². The van der Waals surface area contributed by atoms with Crippen molar-refractivity contribution in [3.8, 4) is 0 Å². The summed E-state index contributed by atoms with van der Waals surface area (Å²) in [5.41, 5.74) is 1.28. The van der Waals surface area contributed by atoms with Crippen LogP contribution in [0.3, 0.4) is 0 Å². The minimum atomic E-state index is -2.03. The van der Waals surface area contributed by atoms with Gasteiger partial charge in [-0.3, -0.25) is 0 Å². The fourth-order valence-corrected chi connectivity index (χ4v) is 8.29. The zero-order chi connectivity index (χ0) is 13.1. The van der Waals surface area contributed by atoms with Crippen molar-refractivity contribution >= 4 is 14.3 Å². The second kappa shape index (κ2) is 5.82. The highest BCUT2D eigenvalue weighted by Crippen LogP contribution is 2.42. The summed E-state index contributed by atoms with van der Waals surface area (Å²) in [4.78, 5) is 10.9. The molecule has 0 saturated carbocycles. The quantitative estimate of drug-likeness (QED) is 0.728. The second-order valence-electron chi connectivity index (χ2n) is 5.42. The van der Waals surface area contributed by atoms with Gasteiger partial charge in [0.2, 0.25) is 8.32 Å². The highest BCUT2D eigenvalue weighted by Gasteiger charge is 2.46. The van der Waals surface area contributed by atoms with E-state index in [2.05, 4.69) is 41.5 Å². The van der Waals surface area contributed by atoms with Crippen molar-refractivity contribution < 1.29 is 14.3 Å². The molecule has 1 atom stereocenters. The summed E-state index contributed by atoms with van der Waals surface area (Å²) in [5.74, 6) is -0.862. The van der Waals surface area contributed by atoms with E-state index in [0.29, 0.717) is 16.6 Å². The van der Waals surface area contributed by atoms with Crippen LogP contribution in [0.25, 0.3) is 0 Å². The standard InChI is InChI=1S/C12H26O3Si/c1-8(2)16(9(3)4,10(5)6)15-11(7)12(13)14/h8-11H,1-7H3,(H,13,14). The fraction of sp³-hybridized carbons (Fsp3) is 0.917. The summed E-state index contributed by atoms with van der Waals surface area (Å²) < 4.78 is 6.02. The van der Waals surface area contributed by atoms with E-state index in [1.165, 1.54) is 0 Å². The van der Waals surface area contributed by atoms with E-state index < -0.39 is 20.4 Å². The molecule has 0 bridgehead atoms. The van der Waals surface area contributed by atoms with Crippen molar-refractivity contribution in [2.24, 2.45) is 0 Å². The average Bonchev–Trinajstić information content (AvgIpc) is 2.11. The van der Waals surface area contributed by atoms with Crippen molar-refractivity contribution in [2.75, 3.05) is 0 Å². The summed E-state index contributed by atoms with van der Waals surface area (Å²) in [6.07, 6.45) is -0.695. The van der Waals surface area contributed by atoms with Crippen LogP contribution in [-0.2, 0) is 9.22 Å². The smallest absolute Gasteiger partial charge is 0.331 e. The molecule has 0 aromatic heterocycles. The highest BCUT2D eigenvalue weighted by atomic mass is 28.4. The maximum Gasteiger partial charge on any atom is 0.331 e. The molecule has 0 aliphatic heterocycles. The zero-order valence-electron chi connectivity index (χ0n) is 11.6. The van der Waals surface area contributed by atoms with Crippen LogP contribution in [0.5, 0.6) is 0 Å². The molecule has 0 aromatic carbocycles. The molecule has 1 N–H and O–H groups in total. The lowest BCUT2D eigenvalue weighted by molar-refractivity contribution is -0.144. The molecule has 0 rings (SSSR count). The normalized spacial score (nSPS) is 14.9. The number of aliphatic carboxylic acids is 1. The van der Waals surface area contributed by atoms with Gasteiger partial charge in [0.25, 0.3) is 0 Å². The molecule has 0 fully saturated rings. The lowest BCUT2D eigenvalue weighted by Gasteiger charge is -2.43. The molecule has 0 spiro atoms. The molecule has 0 amide bonds. The van der Waals surface area contributed by atoms with E-state index in [0.717, 1.165) is 0 Å². The largest absolute Gasteiger partial charge is 0.479 e. The lowest BCUT2D eigenvalue weighted by atomic mass is 10.4. The Morgan fingerprint density at radius 1 is 0.938 bits per heavy atom. The zero-order valence-corrected chi connectivity index (χ0v) is 12.6. The first-order valence-electron chi connectivity index (χ1n) is 6.06. The van der Waals surface area contributed by atoms with Crippen molar-refractivity contribution in [3.05, 3.63) is 0 Å². The summed E-state index contributed by atoms with van der Waals surface area (Å²) in [5, 5.41) is 8.99. The van der Waals surface area contributed by atoms with Gasteiger partial charge in [-0.2, -0.15) is 0 Å². The predicted molar refractivity (Wildman–Crippen MR) is 69.2 cm³/mol. The number of hydrogen-bond donors (Lipinski definition) is 1. The van der Waals surface area contributed by atoms with E-state index in [1.807, 2.05) is 0 Å². The first kappa shape index (κ1) is 15.6. The molecule has 3 nitrogen and oxygen atoms in total. The topological polar surface area (TPSA) is 46.5 Å². The molecule has 0 saturated heterocycles. The van der Waals surface area contributed by atoms with E-state index in [9.17, 15) is 4.79 Å². The van der Waals surface area contributed by atoms with Crippen molar-refractivity contribution in [2.45, 2.75) is 71.2 Å². The van der Waals surface area contributed by atoms with Gasteiger partial charge in [-0.1, -0.05) is 41.5 Å². The minimum absolute atomic E-state index is 0.425. The Kier molecular flexibility index (Phi) is 5.69. The highest BCUT2D eigenvalue weighted by molar-refractivity contribution is 6.77. The minimum Gasteiger partial charge on any atom is -0.479 e. The number of carboxylic acid groups (broad SMARTS) is 1. The van der Waals surface area contributed by atoms with Crippen molar-refractivity contribution in [1.29, 1.82) is 0 Å². The average molecular weight is 246 g/mol. The third kappa shape index (κ3) is 3.07. The fourth-order valence-electron chi connectivity index (χ4n) is 2.76. The van der Waals surface area contributed by atoms with Crippen LogP contribution in [0.1, 0.15) is 48.5 Å². The van der Waals surface area contributed by atoms with Crippen molar-refractivity contribution in [3.63, 3.8) is 0 Å². The van der Waals surface area contributed by atoms with Crippen LogP contribution in [0.15, 0.2) is 0 Å². The Balaban J connectivity index is 5.13. The van der Waals surface area contributed by atoms with Crippen LogP contribution in [0.4, 0.5) is 0 Å². The Hall–Kier alpha value is -0.353. The molecule has 96 valence electrons. The van der Waals surface area contributed by atoms with Gasteiger partial charge >= 0.3 is 5.97 Å². The van der Waals surface area contributed by atoms with Gasteiger partial charge in [0.15, 0.2) is 0 Å². The molecular weight excluding hydrogens is 220 g/mol. The Morgan fingerprint density at radius 2 is 1.25 bits per heavy atom. The SMILES string of the molecule is CC(O[Si](C(C)C)(C(C)C)C(C)C)C(=O)O. The molecule has 0 heterocycles. The van der Waals surface area contributed by atoms with E-state index in [-0.39, 0.29) is 0 Å². The van der Waals surface area contributed by atoms with Gasteiger partial charge in [-0.15, -0.1) is 0 Å². The third-order valence-electron chi connectivity index (χ3n) is 3.44. The molecule has 0 aromatic rings. The van der Waals surface area contributed by atoms with Crippen LogP contribution in [0, 0.1) is 0 Å². The number of rotatable bonds is 6. The van der Waals surface area contributed by atoms with E-state index >= 15 is 0 Å². The first-order chi connectivity index (χ1) is 7.16. The maximum absolute atomic E-state index is 10.9. The van der Waals surface area contributed by atoms with E-state index in [4.69, 9.17) is 9.53 Å². The van der Waals surface area contributed by atoms with Crippen LogP contribution in [-0.4, -0.2) is 25.5 Å². The summed E-state index contributed by atoms with van der Waals surface area (Å²) in [6.45, 7) is 14.6. The van der Waals surface area contributed by atoms with Crippen LogP contribution < -0.4 is 0 Å². The molecule has 0 aliphatic rings. The van der Waals surface area contributed by atoms with Crippen LogP contribution >= 0.6 is 0 Å². The second-order valence-corrected chi connectivity index (χ2v) is 10.8. The van der Waals surface area contributed by atoms with Gasteiger partial charge in [0.05, 0.1) is 0 Å². The number of carbonyl (C=O) groups is 1. The molecule has 1 unspecified atom stereocenters. The third-order valence-corrected chi connectivity index (χ3v) is 9.61. The number of carboxylic acids is 1. The van der Waals surface area contributed by atoms with Gasteiger partial charge in [-0.05, 0) is 23.5 Å². The maximum atomic E-state index is 10.9. The van der Waals surface area contributed by atoms with Crippen LogP contribution in [0.2, 0.25) is 16.6 Å². The van der Waals surface area contributed by atoms with Gasteiger partial charge in [0.1, 0.15) is 6.10 Å². The molecular formula is C12H26O3Si. The Labute approximate surface area is 100 Å². The van der Waals surface area contributed by atoms with Gasteiger partial charge in [-0.25, -0.2) is 4.79 Å². The summed E-state index contributed by atoms with van der Waals surface area (Å²) in [7, 11) is -2.03. The first-order valence-corrected chi connectivity index (χ1v) is 8.20. The molecule has 0 aliphatic carbocycles. The summed E-state index contributed by atoms with van der Waals surface area (Å²) >= 11 is 0. The molecule has 0 radical (unpaired) electrons. The molecule has 16 heavy (non-hydrogen) atoms. The number of hydrogen-bond acceptors (Lipinski definition) is 2. The van der Waals surface area contributed by atoms with Gasteiger partial charge < -0.3 is 9.53 Å². The predicted octanol–water partition coefficient (Wildman–Crippen LogP) is 3.65. The summed E-state index contributed by atoms with van der Waals surface area (Å²) in [6, 6.07) is 0. The van der Waals surface area contributed by atoms with Crippen molar-refractivity contribution in [1.82, 2.24) is 0 Å². The lowest BCUT2D eigenvalue weighted by Crippen LogP contribution is -2.51. The molecule has 4 heteroatoms. The van der Waals surface area contributed by atoms with E-state index in [1.54, 1.807) is 6.92 Å². The monoisotopic (exact) mass is 246 g/mol.